The van der Waals surface area contributed by atoms with Gasteiger partial charge in [-0.15, -0.1) is 11.3 Å². The highest BCUT2D eigenvalue weighted by Gasteiger charge is 2.15. The number of thiophene rings is 1. The molecule has 0 bridgehead atoms. The molecule has 1 nitrogen and oxygen atoms in total. The maximum absolute atomic E-state index is 3.50. The summed E-state index contributed by atoms with van der Waals surface area (Å²) in [5, 5.41) is 7.21. The van der Waals surface area contributed by atoms with Crippen LogP contribution in [-0.4, -0.2) is 7.05 Å². The first kappa shape index (κ1) is 14.3. The maximum Gasteiger partial charge on any atom is 0.0361 e. The molecule has 108 valence electrons. The smallest absolute Gasteiger partial charge is 0.0361 e. The van der Waals surface area contributed by atoms with Crippen molar-refractivity contribution in [1.29, 1.82) is 0 Å². The van der Waals surface area contributed by atoms with Crippen molar-refractivity contribution in [2.75, 3.05) is 7.05 Å². The molecule has 0 fully saturated rings. The van der Waals surface area contributed by atoms with E-state index in [0.717, 1.165) is 12.8 Å². The molecule has 1 N–H and O–H groups in total. The van der Waals surface area contributed by atoms with Gasteiger partial charge in [0, 0.05) is 10.7 Å². The lowest BCUT2D eigenvalue weighted by atomic mass is 9.93. The molecule has 0 aliphatic carbocycles. The summed E-state index contributed by atoms with van der Waals surface area (Å²) in [6, 6.07) is 17.8. The number of hydrogen-bond donors (Lipinski definition) is 1. The summed E-state index contributed by atoms with van der Waals surface area (Å²) in [4.78, 5) is 0. The molecule has 1 aromatic heterocycles. The van der Waals surface area contributed by atoms with Crippen molar-refractivity contribution < 1.29 is 0 Å². The zero-order valence-corrected chi connectivity index (χ0v) is 13.4. The summed E-state index contributed by atoms with van der Waals surface area (Å²) in [6.45, 7) is 2.23. The normalized spacial score (nSPS) is 12.7. The zero-order chi connectivity index (χ0) is 14.7. The molecule has 0 spiro atoms. The van der Waals surface area contributed by atoms with Gasteiger partial charge in [0.15, 0.2) is 0 Å². The molecule has 2 aromatic carbocycles. The number of rotatable bonds is 5. The van der Waals surface area contributed by atoms with Crippen LogP contribution in [0.4, 0.5) is 0 Å². The lowest BCUT2D eigenvalue weighted by molar-refractivity contribution is 0.589. The van der Waals surface area contributed by atoms with E-state index in [1.54, 1.807) is 0 Å². The molecule has 0 aliphatic heterocycles. The molecule has 21 heavy (non-hydrogen) atoms. The summed E-state index contributed by atoms with van der Waals surface area (Å²) in [6.07, 6.45) is 2.12. The van der Waals surface area contributed by atoms with Crippen LogP contribution in [0.1, 0.15) is 29.7 Å². The van der Waals surface area contributed by atoms with Gasteiger partial charge in [-0.1, -0.05) is 49.4 Å². The molecule has 0 saturated heterocycles. The Kier molecular flexibility index (Phi) is 4.37. The predicted octanol–water partition coefficient (Wildman–Crippen LogP) is 4.97. The van der Waals surface area contributed by atoms with Gasteiger partial charge in [-0.2, -0.15) is 0 Å². The van der Waals surface area contributed by atoms with Gasteiger partial charge in [-0.05, 0) is 53.4 Å². The van der Waals surface area contributed by atoms with Crippen LogP contribution in [-0.2, 0) is 12.8 Å². The Balaban J connectivity index is 1.94. The van der Waals surface area contributed by atoms with Crippen LogP contribution >= 0.6 is 11.3 Å². The Bertz CT molecular complexity index is 729. The van der Waals surface area contributed by atoms with Crippen LogP contribution in [0.5, 0.6) is 0 Å². The lowest BCUT2D eigenvalue weighted by Crippen LogP contribution is -2.20. The maximum atomic E-state index is 3.50. The summed E-state index contributed by atoms with van der Waals surface area (Å²) < 4.78 is 1.38. The van der Waals surface area contributed by atoms with E-state index < -0.39 is 0 Å². The largest absolute Gasteiger partial charge is 0.313 e. The van der Waals surface area contributed by atoms with Gasteiger partial charge in [0.2, 0.25) is 0 Å². The van der Waals surface area contributed by atoms with E-state index in [9.17, 15) is 0 Å². The van der Waals surface area contributed by atoms with Gasteiger partial charge in [0.1, 0.15) is 0 Å². The summed E-state index contributed by atoms with van der Waals surface area (Å²) in [5.41, 5.74) is 4.31. The van der Waals surface area contributed by atoms with E-state index in [0.29, 0.717) is 6.04 Å². The SMILES string of the molecule is CCc1ccccc1C(Cc1csc2ccccc12)NC. The molecule has 1 heterocycles. The topological polar surface area (TPSA) is 12.0 Å². The minimum Gasteiger partial charge on any atom is -0.313 e. The van der Waals surface area contributed by atoms with Crippen LogP contribution in [0.15, 0.2) is 53.9 Å². The second-order valence-corrected chi connectivity index (χ2v) is 6.27. The molecule has 0 radical (unpaired) electrons. The second kappa shape index (κ2) is 6.42. The predicted molar refractivity (Wildman–Crippen MR) is 93.1 cm³/mol. The third-order valence-electron chi connectivity index (χ3n) is 4.15. The van der Waals surface area contributed by atoms with E-state index in [1.165, 1.54) is 26.8 Å². The van der Waals surface area contributed by atoms with Crippen molar-refractivity contribution in [2.24, 2.45) is 0 Å². The number of hydrogen-bond acceptors (Lipinski definition) is 2. The first-order valence-corrected chi connectivity index (χ1v) is 8.41. The van der Waals surface area contributed by atoms with Crippen molar-refractivity contribution in [3.63, 3.8) is 0 Å². The van der Waals surface area contributed by atoms with Crippen LogP contribution in [0.3, 0.4) is 0 Å². The Morgan fingerprint density at radius 1 is 1.00 bits per heavy atom. The van der Waals surface area contributed by atoms with E-state index in [4.69, 9.17) is 0 Å². The van der Waals surface area contributed by atoms with Crippen molar-refractivity contribution in [3.05, 3.63) is 70.6 Å². The van der Waals surface area contributed by atoms with Gasteiger partial charge >= 0.3 is 0 Å². The number of fused-ring (bicyclic) bond motifs is 1. The fourth-order valence-electron chi connectivity index (χ4n) is 2.97. The number of benzene rings is 2. The fourth-order valence-corrected chi connectivity index (χ4v) is 3.95. The Morgan fingerprint density at radius 2 is 1.76 bits per heavy atom. The first-order valence-electron chi connectivity index (χ1n) is 7.53. The fraction of sp³-hybridized carbons (Fsp3) is 0.263. The van der Waals surface area contributed by atoms with Gasteiger partial charge in [-0.3, -0.25) is 0 Å². The van der Waals surface area contributed by atoms with Crippen molar-refractivity contribution in [3.8, 4) is 0 Å². The molecule has 0 amide bonds. The third-order valence-corrected chi connectivity index (χ3v) is 5.16. The Hall–Kier alpha value is -1.64. The lowest BCUT2D eigenvalue weighted by Gasteiger charge is -2.19. The molecular weight excluding hydrogens is 274 g/mol. The zero-order valence-electron chi connectivity index (χ0n) is 12.6. The molecule has 3 aromatic rings. The second-order valence-electron chi connectivity index (χ2n) is 5.35. The Morgan fingerprint density at radius 3 is 2.57 bits per heavy atom. The highest BCUT2D eigenvalue weighted by atomic mass is 32.1. The van der Waals surface area contributed by atoms with Crippen LogP contribution in [0.2, 0.25) is 0 Å². The van der Waals surface area contributed by atoms with Gasteiger partial charge in [0.05, 0.1) is 0 Å². The average molecular weight is 295 g/mol. The monoisotopic (exact) mass is 295 g/mol. The molecular formula is C19H21NS. The molecule has 3 rings (SSSR count). The highest BCUT2D eigenvalue weighted by Crippen LogP contribution is 2.30. The van der Waals surface area contributed by atoms with E-state index >= 15 is 0 Å². The van der Waals surface area contributed by atoms with E-state index in [2.05, 4.69) is 73.2 Å². The molecule has 1 atom stereocenters. The van der Waals surface area contributed by atoms with Gasteiger partial charge in [0.25, 0.3) is 0 Å². The highest BCUT2D eigenvalue weighted by molar-refractivity contribution is 7.17. The minimum absolute atomic E-state index is 0.374. The average Bonchev–Trinajstić information content (AvgIpc) is 2.95. The quantitative estimate of drug-likeness (QED) is 0.701. The molecule has 0 saturated carbocycles. The summed E-state index contributed by atoms with van der Waals surface area (Å²) in [7, 11) is 2.06. The van der Waals surface area contributed by atoms with Crippen molar-refractivity contribution in [1.82, 2.24) is 5.32 Å². The molecule has 1 unspecified atom stereocenters. The van der Waals surface area contributed by atoms with E-state index in [1.807, 2.05) is 11.3 Å². The minimum atomic E-state index is 0.374. The molecule has 2 heteroatoms. The standard InChI is InChI=1S/C19H21NS/c1-3-14-8-4-5-9-16(14)18(20-2)12-15-13-21-19-11-7-6-10-17(15)19/h4-11,13,18,20H,3,12H2,1-2H3. The van der Waals surface area contributed by atoms with Crippen LogP contribution < -0.4 is 5.32 Å². The molecule has 0 aliphatic rings. The van der Waals surface area contributed by atoms with Crippen LogP contribution in [0, 0.1) is 0 Å². The van der Waals surface area contributed by atoms with Gasteiger partial charge in [-0.25, -0.2) is 0 Å². The number of nitrogens with one attached hydrogen (secondary N) is 1. The summed E-state index contributed by atoms with van der Waals surface area (Å²) >= 11 is 1.84. The van der Waals surface area contributed by atoms with Gasteiger partial charge < -0.3 is 5.32 Å². The van der Waals surface area contributed by atoms with Crippen LogP contribution in [0.25, 0.3) is 10.1 Å². The van der Waals surface area contributed by atoms with Crippen molar-refractivity contribution >= 4 is 21.4 Å². The first-order chi connectivity index (χ1) is 10.3. The summed E-state index contributed by atoms with van der Waals surface area (Å²) in [5.74, 6) is 0. The number of likely N-dealkylation sites (N-methyl/N-ethyl adjacent to an activating group) is 1. The third kappa shape index (κ3) is 2.87. The van der Waals surface area contributed by atoms with Crippen molar-refractivity contribution in [2.45, 2.75) is 25.8 Å². The number of aryl methyl sites for hydroxylation is 1. The van der Waals surface area contributed by atoms with E-state index in [-0.39, 0.29) is 0 Å². The Labute approximate surface area is 130 Å².